The molecule has 198 valence electrons. The van der Waals surface area contributed by atoms with Crippen LogP contribution in [0, 0.1) is 5.41 Å². The number of hydrogen-bond acceptors (Lipinski definition) is 6. The van der Waals surface area contributed by atoms with Crippen LogP contribution in [0.5, 0.6) is 0 Å². The van der Waals surface area contributed by atoms with Crippen molar-refractivity contribution in [1.29, 1.82) is 0 Å². The molecule has 39 heavy (non-hydrogen) atoms. The Morgan fingerprint density at radius 1 is 1.00 bits per heavy atom. The fourth-order valence-corrected chi connectivity index (χ4v) is 4.85. The first kappa shape index (κ1) is 26.1. The van der Waals surface area contributed by atoms with E-state index >= 15 is 0 Å². The van der Waals surface area contributed by atoms with Crippen LogP contribution < -0.4 is 21.6 Å². The predicted molar refractivity (Wildman–Crippen MR) is 155 cm³/mol. The van der Waals surface area contributed by atoms with Gasteiger partial charge in [-0.05, 0) is 25.1 Å². The van der Waals surface area contributed by atoms with Crippen molar-refractivity contribution in [2.24, 2.45) is 5.41 Å². The molecule has 0 saturated carbocycles. The number of benzene rings is 2. The molecule has 0 spiro atoms. The highest BCUT2D eigenvalue weighted by Gasteiger charge is 2.26. The van der Waals surface area contributed by atoms with Crippen LogP contribution in [0.2, 0.25) is 5.02 Å². The Kier molecular flexibility index (Phi) is 6.69. The number of anilines is 2. The molecule has 3 aromatic heterocycles. The molecule has 0 saturated heterocycles. The van der Waals surface area contributed by atoms with E-state index in [2.05, 4.69) is 25.6 Å². The molecule has 0 bridgehead atoms. The Labute approximate surface area is 228 Å². The predicted octanol–water partition coefficient (Wildman–Crippen LogP) is 5.43. The molecule has 9 nitrogen and oxygen atoms in total. The number of aromatic amines is 1. The van der Waals surface area contributed by atoms with Crippen molar-refractivity contribution >= 4 is 50.8 Å². The lowest BCUT2D eigenvalue weighted by atomic mass is 9.95. The number of amides is 1. The van der Waals surface area contributed by atoms with Gasteiger partial charge in [-0.25, -0.2) is 9.97 Å². The van der Waals surface area contributed by atoms with E-state index in [1.165, 1.54) is 23.2 Å². The number of H-pyrrole nitrogens is 1. The number of para-hydroxylation sites is 1. The summed E-state index contributed by atoms with van der Waals surface area (Å²) in [5.41, 5.74) is 0.570. The molecule has 5 aromatic rings. The number of nitrogens with one attached hydrogen (secondary N) is 3. The molecule has 10 heteroatoms. The molecule has 3 heterocycles. The zero-order chi connectivity index (χ0) is 27.9. The van der Waals surface area contributed by atoms with Crippen molar-refractivity contribution in [2.45, 2.75) is 33.7 Å². The third kappa shape index (κ3) is 4.77. The molecule has 0 radical (unpaired) electrons. The van der Waals surface area contributed by atoms with E-state index in [0.29, 0.717) is 49.7 Å². The van der Waals surface area contributed by atoms with Crippen LogP contribution in [0.15, 0.2) is 76.7 Å². The molecule has 1 amide bonds. The minimum atomic E-state index is -0.666. The van der Waals surface area contributed by atoms with Crippen LogP contribution in [0.4, 0.5) is 11.5 Å². The van der Waals surface area contributed by atoms with E-state index in [0.717, 1.165) is 0 Å². The molecule has 5 rings (SSSR count). The number of aromatic nitrogens is 4. The number of carbonyl (C=O) groups is 1. The van der Waals surface area contributed by atoms with E-state index in [9.17, 15) is 14.4 Å². The smallest absolute Gasteiger partial charge is 0.265 e. The average molecular weight is 543 g/mol. The van der Waals surface area contributed by atoms with Crippen LogP contribution in [-0.4, -0.2) is 25.4 Å². The zero-order valence-corrected chi connectivity index (χ0v) is 22.6. The van der Waals surface area contributed by atoms with Gasteiger partial charge in [0.1, 0.15) is 23.2 Å². The van der Waals surface area contributed by atoms with Gasteiger partial charge >= 0.3 is 0 Å². The lowest BCUT2D eigenvalue weighted by molar-refractivity contribution is -0.123. The fourth-order valence-electron chi connectivity index (χ4n) is 4.45. The first-order valence-electron chi connectivity index (χ1n) is 12.4. The SMILES string of the molecule is CC(Nc1ncnc2[nH]ccc(=O)c12)c1c(Cl)c2cccc(NC(=O)C(C)(C)C)c2c(=O)n1-c1ccccc1. The van der Waals surface area contributed by atoms with Gasteiger partial charge in [0.2, 0.25) is 5.91 Å². The van der Waals surface area contributed by atoms with Crippen LogP contribution in [0.3, 0.4) is 0 Å². The van der Waals surface area contributed by atoms with Crippen molar-refractivity contribution in [2.75, 3.05) is 10.6 Å². The van der Waals surface area contributed by atoms with Gasteiger partial charge in [0.15, 0.2) is 5.43 Å². The standard InChI is InChI=1S/C29H27ClN6O3/c1-16(34-26-22-20(37)13-14-31-25(22)32-15-33-26)24-23(30)18-11-8-12-19(35-28(39)29(2,3)4)21(18)27(38)36(24)17-9-6-5-7-10-17/h5-16H,1-4H3,(H,35,39)(H2,31,32,33,34,37). The number of fused-ring (bicyclic) bond motifs is 2. The van der Waals surface area contributed by atoms with Gasteiger partial charge < -0.3 is 15.6 Å². The van der Waals surface area contributed by atoms with Gasteiger partial charge in [0.25, 0.3) is 5.56 Å². The molecule has 1 atom stereocenters. The average Bonchev–Trinajstić information content (AvgIpc) is 2.90. The summed E-state index contributed by atoms with van der Waals surface area (Å²) < 4.78 is 1.53. The summed E-state index contributed by atoms with van der Waals surface area (Å²) in [6, 6.07) is 15.1. The second-order valence-electron chi connectivity index (χ2n) is 10.3. The largest absolute Gasteiger partial charge is 0.361 e. The lowest BCUT2D eigenvalue weighted by Crippen LogP contribution is -2.30. The number of carbonyl (C=O) groups excluding carboxylic acids is 1. The maximum Gasteiger partial charge on any atom is 0.265 e. The van der Waals surface area contributed by atoms with E-state index < -0.39 is 11.5 Å². The summed E-state index contributed by atoms with van der Waals surface area (Å²) in [4.78, 5) is 51.1. The Morgan fingerprint density at radius 3 is 2.46 bits per heavy atom. The highest BCUT2D eigenvalue weighted by Crippen LogP contribution is 2.35. The quantitative estimate of drug-likeness (QED) is 0.272. The third-order valence-electron chi connectivity index (χ3n) is 6.44. The van der Waals surface area contributed by atoms with Crippen LogP contribution >= 0.6 is 11.6 Å². The number of rotatable bonds is 5. The highest BCUT2D eigenvalue weighted by atomic mass is 35.5. The minimum absolute atomic E-state index is 0.225. The molecular weight excluding hydrogens is 516 g/mol. The molecule has 0 aliphatic carbocycles. The van der Waals surface area contributed by atoms with E-state index in [4.69, 9.17) is 11.6 Å². The summed E-state index contributed by atoms with van der Waals surface area (Å²) in [6.07, 6.45) is 2.87. The second kappa shape index (κ2) is 9.99. The Morgan fingerprint density at radius 2 is 1.74 bits per heavy atom. The molecule has 3 N–H and O–H groups in total. The first-order valence-corrected chi connectivity index (χ1v) is 12.8. The van der Waals surface area contributed by atoms with Gasteiger partial charge in [-0.2, -0.15) is 0 Å². The number of halogens is 1. The minimum Gasteiger partial charge on any atom is -0.361 e. The summed E-state index contributed by atoms with van der Waals surface area (Å²) in [5, 5.41) is 7.58. The van der Waals surface area contributed by atoms with Crippen molar-refractivity contribution in [3.05, 3.63) is 98.4 Å². The van der Waals surface area contributed by atoms with Crippen LogP contribution in [0.1, 0.15) is 39.4 Å². The molecule has 0 fully saturated rings. The van der Waals surface area contributed by atoms with E-state index in [1.807, 2.05) is 25.1 Å². The van der Waals surface area contributed by atoms with Gasteiger partial charge in [0.05, 0.1) is 27.8 Å². The van der Waals surface area contributed by atoms with Gasteiger partial charge in [-0.1, -0.05) is 62.7 Å². The Bertz CT molecular complexity index is 1840. The normalized spacial score (nSPS) is 12.4. The Balaban J connectivity index is 1.75. The number of hydrogen-bond donors (Lipinski definition) is 3. The van der Waals surface area contributed by atoms with Crippen molar-refractivity contribution in [1.82, 2.24) is 19.5 Å². The molecular formula is C29H27ClN6O3. The topological polar surface area (TPSA) is 122 Å². The lowest BCUT2D eigenvalue weighted by Gasteiger charge is -2.24. The van der Waals surface area contributed by atoms with E-state index in [1.54, 1.807) is 51.1 Å². The number of pyridine rings is 2. The Hall–Kier alpha value is -4.50. The van der Waals surface area contributed by atoms with Crippen LogP contribution in [-0.2, 0) is 4.79 Å². The zero-order valence-electron chi connectivity index (χ0n) is 21.9. The summed E-state index contributed by atoms with van der Waals surface area (Å²) in [5.74, 6) is 0.0838. The molecule has 2 aromatic carbocycles. The molecule has 0 aliphatic rings. The summed E-state index contributed by atoms with van der Waals surface area (Å²) >= 11 is 7.06. The highest BCUT2D eigenvalue weighted by molar-refractivity contribution is 6.36. The van der Waals surface area contributed by atoms with Gasteiger partial charge in [-0.3, -0.25) is 19.0 Å². The first-order chi connectivity index (χ1) is 18.6. The molecule has 1 unspecified atom stereocenters. The van der Waals surface area contributed by atoms with Gasteiger partial charge in [0, 0.05) is 28.8 Å². The maximum atomic E-state index is 14.2. The van der Waals surface area contributed by atoms with Crippen molar-refractivity contribution in [3.8, 4) is 5.69 Å². The second-order valence-corrected chi connectivity index (χ2v) is 10.6. The monoisotopic (exact) mass is 542 g/mol. The summed E-state index contributed by atoms with van der Waals surface area (Å²) in [7, 11) is 0. The van der Waals surface area contributed by atoms with Gasteiger partial charge in [-0.15, -0.1) is 0 Å². The fraction of sp³-hybridized carbons (Fsp3) is 0.207. The van der Waals surface area contributed by atoms with Crippen molar-refractivity contribution < 1.29 is 4.79 Å². The molecule has 0 aliphatic heterocycles. The summed E-state index contributed by atoms with van der Waals surface area (Å²) in [6.45, 7) is 7.24. The van der Waals surface area contributed by atoms with E-state index in [-0.39, 0.29) is 16.9 Å². The maximum absolute atomic E-state index is 14.2. The van der Waals surface area contributed by atoms with Crippen molar-refractivity contribution in [3.63, 3.8) is 0 Å². The van der Waals surface area contributed by atoms with Crippen LogP contribution in [0.25, 0.3) is 27.5 Å². The number of nitrogens with zero attached hydrogens (tertiary/aromatic N) is 3. The third-order valence-corrected chi connectivity index (χ3v) is 6.84.